The van der Waals surface area contributed by atoms with Gasteiger partial charge in [-0.25, -0.2) is 0 Å². The van der Waals surface area contributed by atoms with Crippen molar-refractivity contribution in [1.82, 2.24) is 0 Å². The highest BCUT2D eigenvalue weighted by Gasteiger charge is 2.43. The third-order valence-corrected chi connectivity index (χ3v) is 5.96. The predicted molar refractivity (Wildman–Crippen MR) is 76.8 cm³/mol. The number of hydrogen-bond acceptors (Lipinski definition) is 4. The highest BCUT2D eigenvalue weighted by molar-refractivity contribution is 6.77. The molecule has 0 bridgehead atoms. The summed E-state index contributed by atoms with van der Waals surface area (Å²) in [5.74, 6) is 0.800. The molecule has 0 aliphatic rings. The Morgan fingerprint density at radius 1 is 0.833 bits per heavy atom. The lowest BCUT2D eigenvalue weighted by Crippen LogP contribution is -2.55. The molecule has 0 radical (unpaired) electrons. The van der Waals surface area contributed by atoms with E-state index in [9.17, 15) is 0 Å². The first-order valence-electron chi connectivity index (χ1n) is 5.82. The lowest BCUT2D eigenvalue weighted by molar-refractivity contribution is 0.140. The summed E-state index contributed by atoms with van der Waals surface area (Å²) >= 11 is 0. The van der Waals surface area contributed by atoms with E-state index in [1.165, 1.54) is 0 Å². The zero-order valence-corrected chi connectivity index (χ0v) is 13.9. The van der Waals surface area contributed by atoms with E-state index in [0.717, 1.165) is 10.9 Å². The maximum Gasteiger partial charge on any atom is 0.540 e. The largest absolute Gasteiger partial charge is 0.544 e. The van der Waals surface area contributed by atoms with E-state index >= 15 is 0 Å². The Kier molecular flexibility index (Phi) is 5.12. The van der Waals surface area contributed by atoms with Crippen LogP contribution in [0.25, 0.3) is 0 Å². The van der Waals surface area contributed by atoms with Gasteiger partial charge in [0.1, 0.15) is 5.75 Å². The van der Waals surface area contributed by atoms with Gasteiger partial charge in [0.25, 0.3) is 0 Å². The summed E-state index contributed by atoms with van der Waals surface area (Å²) in [6.45, 7) is 6.41. The molecule has 4 nitrogen and oxygen atoms in total. The Bertz CT molecular complexity index is 378. The van der Waals surface area contributed by atoms with Crippen LogP contribution in [0.15, 0.2) is 24.3 Å². The van der Waals surface area contributed by atoms with E-state index in [2.05, 4.69) is 19.6 Å². The van der Waals surface area contributed by atoms with Crippen LogP contribution in [-0.2, 0) is 13.3 Å². The monoisotopic (exact) mass is 286 g/mol. The molecule has 0 N–H and O–H groups in total. The Balaban J connectivity index is 3.23. The summed E-state index contributed by atoms with van der Waals surface area (Å²) in [6.07, 6.45) is 0. The number of para-hydroxylation sites is 1. The van der Waals surface area contributed by atoms with Gasteiger partial charge in [-0.05, 0) is 25.7 Å². The maximum atomic E-state index is 6.08. The van der Waals surface area contributed by atoms with Crippen LogP contribution >= 0.6 is 0 Å². The molecule has 102 valence electrons. The normalized spacial score (nSPS) is 12.6. The van der Waals surface area contributed by atoms with Crippen molar-refractivity contribution in [2.24, 2.45) is 0 Å². The number of hydrogen-bond donors (Lipinski definition) is 0. The van der Waals surface area contributed by atoms with Crippen LogP contribution in [0.2, 0.25) is 19.6 Å². The van der Waals surface area contributed by atoms with Crippen LogP contribution in [0.4, 0.5) is 0 Å². The lowest BCUT2D eigenvalue weighted by Gasteiger charge is -2.29. The van der Waals surface area contributed by atoms with Gasteiger partial charge in [0.2, 0.25) is 8.32 Å². The minimum Gasteiger partial charge on any atom is -0.544 e. The molecule has 6 heteroatoms. The standard InChI is InChI=1S/C12H22O4Si2/c1-13-18(14-2,15-3)12-10-8-7-9-11(12)16-17(4,5)6/h7-10H,1-6H3. The van der Waals surface area contributed by atoms with Crippen LogP contribution in [0.1, 0.15) is 0 Å². The van der Waals surface area contributed by atoms with E-state index < -0.39 is 17.1 Å². The molecule has 0 unspecified atom stereocenters. The van der Waals surface area contributed by atoms with Gasteiger partial charge in [-0.2, -0.15) is 0 Å². The average Bonchev–Trinajstić information content (AvgIpc) is 2.32. The third kappa shape index (κ3) is 3.42. The molecule has 0 atom stereocenters. The lowest BCUT2D eigenvalue weighted by atomic mass is 10.3. The smallest absolute Gasteiger partial charge is 0.540 e. The second-order valence-corrected chi connectivity index (χ2v) is 12.2. The molecular weight excluding hydrogens is 264 g/mol. The first-order chi connectivity index (χ1) is 8.38. The minimum absolute atomic E-state index is 0.800. The molecule has 1 aromatic carbocycles. The van der Waals surface area contributed by atoms with Gasteiger partial charge in [0.05, 0.1) is 5.19 Å². The van der Waals surface area contributed by atoms with Crippen molar-refractivity contribution in [3.05, 3.63) is 24.3 Å². The molecule has 0 saturated carbocycles. The van der Waals surface area contributed by atoms with Gasteiger partial charge in [-0.1, -0.05) is 18.2 Å². The molecule has 0 aliphatic carbocycles. The van der Waals surface area contributed by atoms with Crippen molar-refractivity contribution in [2.75, 3.05) is 21.3 Å². The van der Waals surface area contributed by atoms with Crippen molar-refractivity contribution in [2.45, 2.75) is 19.6 Å². The molecule has 0 spiro atoms. The van der Waals surface area contributed by atoms with Crippen molar-refractivity contribution < 1.29 is 17.7 Å². The summed E-state index contributed by atoms with van der Waals surface area (Å²) in [5, 5.41) is 0.875. The quantitative estimate of drug-likeness (QED) is 0.750. The number of benzene rings is 1. The van der Waals surface area contributed by atoms with Crippen LogP contribution < -0.4 is 9.61 Å². The van der Waals surface area contributed by atoms with E-state index in [-0.39, 0.29) is 0 Å². The highest BCUT2D eigenvalue weighted by atomic mass is 28.4. The van der Waals surface area contributed by atoms with E-state index in [4.69, 9.17) is 17.7 Å². The van der Waals surface area contributed by atoms with Crippen molar-refractivity contribution in [3.8, 4) is 5.75 Å². The fourth-order valence-corrected chi connectivity index (χ4v) is 4.55. The summed E-state index contributed by atoms with van der Waals surface area (Å²) in [7, 11) is 0.274. The van der Waals surface area contributed by atoms with E-state index in [1.54, 1.807) is 21.3 Å². The Morgan fingerprint density at radius 2 is 1.33 bits per heavy atom. The first-order valence-corrected chi connectivity index (χ1v) is 11.0. The SMILES string of the molecule is CO[Si](OC)(OC)c1ccccc1O[Si](C)(C)C. The maximum absolute atomic E-state index is 6.08. The molecule has 0 aliphatic heterocycles. The van der Waals surface area contributed by atoms with Crippen LogP contribution in [0, 0.1) is 0 Å². The summed E-state index contributed by atoms with van der Waals surface area (Å²) in [5.41, 5.74) is 0. The van der Waals surface area contributed by atoms with E-state index in [1.807, 2.05) is 24.3 Å². The van der Waals surface area contributed by atoms with Gasteiger partial charge in [-0.15, -0.1) is 0 Å². The van der Waals surface area contributed by atoms with Crippen molar-refractivity contribution >= 4 is 22.3 Å². The molecular formula is C12H22O4Si2. The third-order valence-electron chi connectivity index (χ3n) is 2.44. The van der Waals surface area contributed by atoms with Gasteiger partial charge in [-0.3, -0.25) is 0 Å². The molecule has 0 saturated heterocycles. The molecule has 1 aromatic rings. The van der Waals surface area contributed by atoms with Crippen LogP contribution in [0.5, 0.6) is 5.75 Å². The fraction of sp³-hybridized carbons (Fsp3) is 0.500. The second-order valence-electron chi connectivity index (χ2n) is 4.88. The minimum atomic E-state index is -2.84. The zero-order valence-electron chi connectivity index (χ0n) is 11.9. The number of rotatable bonds is 6. The summed E-state index contributed by atoms with van der Waals surface area (Å²) < 4.78 is 22.6. The molecule has 0 heterocycles. The van der Waals surface area contributed by atoms with Gasteiger partial charge >= 0.3 is 8.80 Å². The molecule has 0 amide bonds. The predicted octanol–water partition coefficient (Wildman–Crippen LogP) is 1.99. The molecule has 0 aromatic heterocycles. The van der Waals surface area contributed by atoms with Crippen LogP contribution in [-0.4, -0.2) is 38.5 Å². The molecule has 18 heavy (non-hydrogen) atoms. The Labute approximate surface area is 111 Å². The highest BCUT2D eigenvalue weighted by Crippen LogP contribution is 2.19. The fourth-order valence-electron chi connectivity index (χ4n) is 1.72. The van der Waals surface area contributed by atoms with Crippen molar-refractivity contribution in [1.29, 1.82) is 0 Å². The summed E-state index contributed by atoms with van der Waals surface area (Å²) in [4.78, 5) is 0. The van der Waals surface area contributed by atoms with Gasteiger partial charge in [0.15, 0.2) is 0 Å². The Morgan fingerprint density at radius 3 is 1.78 bits per heavy atom. The molecule has 0 fully saturated rings. The zero-order chi connectivity index (χ0) is 13.8. The first kappa shape index (κ1) is 15.4. The van der Waals surface area contributed by atoms with Gasteiger partial charge < -0.3 is 17.7 Å². The average molecular weight is 286 g/mol. The summed E-state index contributed by atoms with van der Waals surface area (Å²) in [6, 6.07) is 7.76. The Hall–Kier alpha value is -0.666. The second kappa shape index (κ2) is 5.98. The van der Waals surface area contributed by atoms with Crippen LogP contribution in [0.3, 0.4) is 0 Å². The van der Waals surface area contributed by atoms with Gasteiger partial charge in [0, 0.05) is 21.3 Å². The molecule has 1 rings (SSSR count). The van der Waals surface area contributed by atoms with E-state index in [0.29, 0.717) is 0 Å². The topological polar surface area (TPSA) is 36.9 Å². The van der Waals surface area contributed by atoms with Crippen molar-refractivity contribution in [3.63, 3.8) is 0 Å².